The summed E-state index contributed by atoms with van der Waals surface area (Å²) in [4.78, 5) is 51.3. The molecule has 2 rings (SSSR count). The molecule has 5 N–H and O–H groups in total. The molecule has 0 saturated carbocycles. The van der Waals surface area contributed by atoms with Gasteiger partial charge in [0.25, 0.3) is 5.91 Å². The van der Waals surface area contributed by atoms with E-state index in [-0.39, 0.29) is 47.3 Å². The number of methoxy groups -OCH3 is 2. The van der Waals surface area contributed by atoms with E-state index in [0.29, 0.717) is 12.0 Å². The summed E-state index contributed by atoms with van der Waals surface area (Å²) in [6.07, 6.45) is 3.71. The van der Waals surface area contributed by atoms with Crippen molar-refractivity contribution in [3.05, 3.63) is 58.5 Å². The van der Waals surface area contributed by atoms with Crippen molar-refractivity contribution in [1.82, 2.24) is 10.6 Å². The number of hydrogen-bond donors (Lipinski definition) is 4. The minimum atomic E-state index is -1.00. The fraction of sp³-hybridized carbons (Fsp3) is 0.533. The molecule has 2 aliphatic rings. The number of Topliss-reactive ketones (excluding diaryl/α,β-unsaturated/α-hetero) is 1. The van der Waals surface area contributed by atoms with Crippen LogP contribution in [-0.2, 0) is 28.6 Å². The van der Waals surface area contributed by atoms with Crippen LogP contribution in [-0.4, -0.2) is 79.7 Å². The predicted molar refractivity (Wildman–Crippen MR) is 158 cm³/mol. The number of hydrogen-bond acceptors (Lipinski definition) is 9. The third-order valence-electron chi connectivity index (χ3n) is 7.19. The van der Waals surface area contributed by atoms with E-state index in [1.807, 2.05) is 6.92 Å². The van der Waals surface area contributed by atoms with Gasteiger partial charge in [-0.1, -0.05) is 38.2 Å². The molecule has 12 heteroatoms. The number of nitrogens with one attached hydrogen (secondary N) is 2. The number of nitrogens with two attached hydrogens (primary N) is 1. The van der Waals surface area contributed by atoms with Gasteiger partial charge in [-0.25, -0.2) is 4.79 Å². The molecule has 0 aromatic heterocycles. The highest BCUT2D eigenvalue weighted by molar-refractivity contribution is 6.23. The molecule has 232 valence electrons. The summed E-state index contributed by atoms with van der Waals surface area (Å²) in [5.74, 6) is -1.96. The molecule has 1 aliphatic heterocycles. The van der Waals surface area contributed by atoms with Crippen molar-refractivity contribution in [3.8, 4) is 0 Å². The van der Waals surface area contributed by atoms with Gasteiger partial charge in [0.15, 0.2) is 6.10 Å². The summed E-state index contributed by atoms with van der Waals surface area (Å²) in [6, 6.07) is 0. The summed E-state index contributed by atoms with van der Waals surface area (Å²) in [5, 5.41) is 16.7. The number of halogens is 1. The average molecular weight is 608 g/mol. The zero-order valence-electron chi connectivity index (χ0n) is 24.9. The minimum Gasteiger partial charge on any atom is -0.439 e. The second kappa shape index (κ2) is 16.4. The van der Waals surface area contributed by atoms with Crippen LogP contribution in [0, 0.1) is 11.8 Å². The summed E-state index contributed by atoms with van der Waals surface area (Å²) in [7, 11) is 2.91. The number of carbonyl (C=O) groups is 4. The Morgan fingerprint density at radius 3 is 2.48 bits per heavy atom. The molecular formula is C30H42ClN3O8. The van der Waals surface area contributed by atoms with Gasteiger partial charge >= 0.3 is 6.09 Å². The van der Waals surface area contributed by atoms with Gasteiger partial charge < -0.3 is 35.7 Å². The lowest BCUT2D eigenvalue weighted by molar-refractivity contribution is -0.120. The minimum absolute atomic E-state index is 0.138. The van der Waals surface area contributed by atoms with E-state index in [9.17, 15) is 24.3 Å². The van der Waals surface area contributed by atoms with Crippen LogP contribution in [0.4, 0.5) is 4.79 Å². The first-order valence-corrected chi connectivity index (χ1v) is 14.3. The first kappa shape index (κ1) is 34.9. The lowest BCUT2D eigenvalue weighted by atomic mass is 9.85. The predicted octanol–water partition coefficient (Wildman–Crippen LogP) is 2.59. The van der Waals surface area contributed by atoms with E-state index >= 15 is 0 Å². The number of primary amides is 1. The molecule has 1 aliphatic carbocycles. The lowest BCUT2D eigenvalue weighted by Crippen LogP contribution is -2.38. The Balaban J connectivity index is 2.61. The zero-order valence-corrected chi connectivity index (χ0v) is 25.7. The standard InChI is InChI=1S/C30H42ClN3O8/c1-16-12-20-25(33-11-10-31)22(35)15-21(27(20)37)34-29(38)17(2)8-7-9-23(40-5)28(42-30(32)39)19(4)14-18(3)26(36)24(13-16)41-6/h7-9,14-16,18,23-24,26,28,33,36H,10-13H2,1-6H3,(H2,32,39)(H,34,38)/b9-7-,17-8+,19-14-. The highest BCUT2D eigenvalue weighted by atomic mass is 35.5. The maximum atomic E-state index is 13.5. The van der Waals surface area contributed by atoms with Gasteiger partial charge in [0, 0.05) is 49.8 Å². The number of amides is 2. The quantitative estimate of drug-likeness (QED) is 0.202. The number of alkyl halides is 1. The van der Waals surface area contributed by atoms with Gasteiger partial charge in [-0.05, 0) is 38.2 Å². The number of aliphatic hydroxyl groups is 1. The molecule has 0 saturated heterocycles. The van der Waals surface area contributed by atoms with Crippen molar-refractivity contribution < 1.29 is 38.5 Å². The van der Waals surface area contributed by atoms with Gasteiger partial charge in [-0.3, -0.25) is 14.4 Å². The van der Waals surface area contributed by atoms with Crippen LogP contribution in [0.15, 0.2) is 58.5 Å². The zero-order chi connectivity index (χ0) is 31.6. The molecule has 0 aromatic carbocycles. The van der Waals surface area contributed by atoms with Gasteiger partial charge in [0.2, 0.25) is 11.6 Å². The second-order valence-corrected chi connectivity index (χ2v) is 10.9. The Kier molecular flexibility index (Phi) is 13.6. The number of ether oxygens (including phenoxy) is 3. The molecule has 0 aromatic rings. The van der Waals surface area contributed by atoms with E-state index in [2.05, 4.69) is 10.6 Å². The number of fused-ring (bicyclic) bond motifs is 2. The number of aliphatic hydroxyl groups excluding tert-OH is 1. The molecule has 2 bridgehead atoms. The number of carbonyl (C=O) groups excluding carboxylic acids is 4. The highest BCUT2D eigenvalue weighted by Gasteiger charge is 2.33. The number of rotatable bonds is 6. The molecular weight excluding hydrogens is 566 g/mol. The summed E-state index contributed by atoms with van der Waals surface area (Å²) < 4.78 is 16.5. The normalized spacial score (nSPS) is 31.7. The van der Waals surface area contributed by atoms with E-state index in [1.165, 1.54) is 20.3 Å². The second-order valence-electron chi connectivity index (χ2n) is 10.5. The Hall–Kier alpha value is -3.25. The number of allylic oxidation sites excluding steroid dienone is 4. The fourth-order valence-corrected chi connectivity index (χ4v) is 5.05. The van der Waals surface area contributed by atoms with Crippen LogP contribution < -0.4 is 16.4 Å². The van der Waals surface area contributed by atoms with Crippen molar-refractivity contribution in [2.45, 2.75) is 65.0 Å². The van der Waals surface area contributed by atoms with E-state index < -0.39 is 53.9 Å². The van der Waals surface area contributed by atoms with Crippen molar-refractivity contribution in [3.63, 3.8) is 0 Å². The van der Waals surface area contributed by atoms with Gasteiger partial charge in [0.1, 0.15) is 6.10 Å². The summed E-state index contributed by atoms with van der Waals surface area (Å²) >= 11 is 5.82. The maximum absolute atomic E-state index is 13.5. The van der Waals surface area contributed by atoms with E-state index in [1.54, 1.807) is 39.0 Å². The van der Waals surface area contributed by atoms with Gasteiger partial charge in [0.05, 0.1) is 23.6 Å². The third-order valence-corrected chi connectivity index (χ3v) is 7.38. The highest BCUT2D eigenvalue weighted by Crippen LogP contribution is 2.28. The van der Waals surface area contributed by atoms with E-state index in [4.69, 9.17) is 31.5 Å². The molecule has 6 atom stereocenters. The third kappa shape index (κ3) is 9.38. The number of ketones is 2. The molecule has 6 unspecified atom stereocenters. The molecule has 0 radical (unpaired) electrons. The SMILES string of the molecule is COC1/C=C\C=C(/C)C(=O)NC2=CC(=O)C(NCCCl)=C(CC(C)CC(OC)C(O)C(C)/C=C(/C)C1OC(N)=O)C2=O. The molecule has 11 nitrogen and oxygen atoms in total. The van der Waals surface area contributed by atoms with Crippen LogP contribution in [0.25, 0.3) is 0 Å². The Labute approximate surface area is 251 Å². The lowest BCUT2D eigenvalue weighted by Gasteiger charge is -2.30. The summed E-state index contributed by atoms with van der Waals surface area (Å²) in [5.41, 5.74) is 6.38. The van der Waals surface area contributed by atoms with Crippen LogP contribution in [0.3, 0.4) is 0 Å². The van der Waals surface area contributed by atoms with Crippen molar-refractivity contribution in [1.29, 1.82) is 0 Å². The fourth-order valence-electron chi connectivity index (χ4n) is 4.95. The van der Waals surface area contributed by atoms with Crippen LogP contribution in [0.2, 0.25) is 0 Å². The molecule has 42 heavy (non-hydrogen) atoms. The van der Waals surface area contributed by atoms with Gasteiger partial charge in [-0.2, -0.15) is 0 Å². The topological polar surface area (TPSA) is 166 Å². The van der Waals surface area contributed by atoms with Crippen LogP contribution >= 0.6 is 11.6 Å². The van der Waals surface area contributed by atoms with Gasteiger partial charge in [-0.15, -0.1) is 11.6 Å². The van der Waals surface area contributed by atoms with E-state index in [0.717, 1.165) is 6.08 Å². The molecule has 2 amide bonds. The molecule has 0 fully saturated rings. The summed E-state index contributed by atoms with van der Waals surface area (Å²) in [6.45, 7) is 7.22. The van der Waals surface area contributed by atoms with Crippen LogP contribution in [0.1, 0.15) is 40.5 Å². The molecule has 0 spiro atoms. The monoisotopic (exact) mass is 607 g/mol. The first-order chi connectivity index (χ1) is 19.8. The Morgan fingerprint density at radius 2 is 1.88 bits per heavy atom. The Morgan fingerprint density at radius 1 is 1.19 bits per heavy atom. The van der Waals surface area contributed by atoms with Crippen molar-refractivity contribution in [2.24, 2.45) is 17.6 Å². The largest absolute Gasteiger partial charge is 0.439 e. The maximum Gasteiger partial charge on any atom is 0.405 e. The van der Waals surface area contributed by atoms with Crippen molar-refractivity contribution in [2.75, 3.05) is 26.6 Å². The smallest absolute Gasteiger partial charge is 0.405 e. The first-order valence-electron chi connectivity index (χ1n) is 13.7. The average Bonchev–Trinajstić information content (AvgIpc) is 2.94. The van der Waals surface area contributed by atoms with Crippen LogP contribution in [0.5, 0.6) is 0 Å². The Bertz CT molecular complexity index is 1190. The van der Waals surface area contributed by atoms with Crippen molar-refractivity contribution >= 4 is 35.2 Å². The molecule has 1 heterocycles.